The third-order valence-electron chi connectivity index (χ3n) is 5.77. The first-order chi connectivity index (χ1) is 13.9. The van der Waals surface area contributed by atoms with Gasteiger partial charge < -0.3 is 15.4 Å². The van der Waals surface area contributed by atoms with Gasteiger partial charge in [-0.25, -0.2) is 13.2 Å². The molecule has 0 aliphatic carbocycles. The van der Waals surface area contributed by atoms with Gasteiger partial charge >= 0.3 is 0 Å². The average molecular weight is 402 g/mol. The lowest BCUT2D eigenvalue weighted by Gasteiger charge is -2.47. The number of carbonyl (C=O) groups excluding carboxylic acids is 1. The Morgan fingerprint density at radius 3 is 2.66 bits per heavy atom. The van der Waals surface area contributed by atoms with E-state index in [9.17, 15) is 18.0 Å². The maximum atomic E-state index is 14.5. The van der Waals surface area contributed by atoms with E-state index in [2.05, 4.69) is 0 Å². The van der Waals surface area contributed by atoms with Crippen molar-refractivity contribution in [1.82, 2.24) is 4.90 Å². The molecule has 4 nitrogen and oxygen atoms in total. The largest absolute Gasteiger partial charge is 0.493 e. The fraction of sp³-hybridized carbons (Fsp3) is 0.318. The molecule has 29 heavy (non-hydrogen) atoms. The molecule has 0 fully saturated rings. The van der Waals surface area contributed by atoms with Crippen LogP contribution in [0.25, 0.3) is 5.57 Å². The molecule has 2 aromatic carbocycles. The highest BCUT2D eigenvalue weighted by molar-refractivity contribution is 5.83. The third-order valence-corrected chi connectivity index (χ3v) is 5.77. The average Bonchev–Trinajstić information content (AvgIpc) is 3.08. The summed E-state index contributed by atoms with van der Waals surface area (Å²) in [5, 5.41) is 0. The molecule has 2 N–H and O–H groups in total. The molecular weight excluding hydrogens is 381 g/mol. The van der Waals surface area contributed by atoms with Crippen LogP contribution in [0.1, 0.15) is 24.5 Å². The molecule has 0 bridgehead atoms. The van der Waals surface area contributed by atoms with Gasteiger partial charge in [-0.3, -0.25) is 4.79 Å². The number of ether oxygens (including phenoxy) is 1. The fourth-order valence-corrected chi connectivity index (χ4v) is 4.51. The van der Waals surface area contributed by atoms with Crippen LogP contribution in [0.2, 0.25) is 0 Å². The van der Waals surface area contributed by atoms with Crippen LogP contribution >= 0.6 is 0 Å². The molecule has 7 heteroatoms. The van der Waals surface area contributed by atoms with E-state index < -0.39 is 23.0 Å². The molecule has 2 unspecified atom stereocenters. The normalized spacial score (nSPS) is 23.0. The molecule has 1 spiro atoms. The van der Waals surface area contributed by atoms with Gasteiger partial charge in [0.2, 0.25) is 5.91 Å². The van der Waals surface area contributed by atoms with Gasteiger partial charge in [0.05, 0.1) is 12.1 Å². The van der Waals surface area contributed by atoms with E-state index in [0.717, 1.165) is 18.2 Å². The number of benzene rings is 2. The van der Waals surface area contributed by atoms with E-state index in [1.54, 1.807) is 11.0 Å². The monoisotopic (exact) mass is 402 g/mol. The smallest absolute Gasteiger partial charge is 0.220 e. The summed E-state index contributed by atoms with van der Waals surface area (Å²) in [4.78, 5) is 14.2. The molecule has 2 heterocycles. The topological polar surface area (TPSA) is 55.6 Å². The number of fused-ring (bicyclic) bond motifs is 2. The lowest BCUT2D eigenvalue weighted by molar-refractivity contribution is -0.135. The maximum Gasteiger partial charge on any atom is 0.220 e. The van der Waals surface area contributed by atoms with Crippen molar-refractivity contribution in [2.45, 2.75) is 18.9 Å². The van der Waals surface area contributed by atoms with Gasteiger partial charge in [0.25, 0.3) is 0 Å². The molecule has 1 amide bonds. The zero-order valence-electron chi connectivity index (χ0n) is 15.9. The summed E-state index contributed by atoms with van der Waals surface area (Å²) in [7, 11) is 0. The second-order valence-corrected chi connectivity index (χ2v) is 7.45. The van der Waals surface area contributed by atoms with E-state index in [1.807, 2.05) is 0 Å². The zero-order valence-corrected chi connectivity index (χ0v) is 15.9. The van der Waals surface area contributed by atoms with Crippen molar-refractivity contribution in [2.75, 3.05) is 19.7 Å². The Labute approximate surface area is 166 Å². The van der Waals surface area contributed by atoms with E-state index in [-0.39, 0.29) is 30.5 Å². The van der Waals surface area contributed by atoms with E-state index >= 15 is 0 Å². The Hall–Kier alpha value is -2.80. The van der Waals surface area contributed by atoms with Crippen LogP contribution in [0.3, 0.4) is 0 Å². The molecule has 2 aliphatic heterocycles. The second kappa shape index (κ2) is 7.22. The fourth-order valence-electron chi connectivity index (χ4n) is 4.51. The first-order valence-electron chi connectivity index (χ1n) is 9.45. The van der Waals surface area contributed by atoms with Crippen molar-refractivity contribution in [3.63, 3.8) is 0 Å². The third kappa shape index (κ3) is 3.09. The van der Waals surface area contributed by atoms with Gasteiger partial charge in [0, 0.05) is 30.5 Å². The maximum absolute atomic E-state index is 14.5. The highest BCUT2D eigenvalue weighted by Gasteiger charge is 2.52. The van der Waals surface area contributed by atoms with Crippen LogP contribution in [-0.4, -0.2) is 30.5 Å². The number of hydrogen-bond donors (Lipinski definition) is 1. The summed E-state index contributed by atoms with van der Waals surface area (Å²) < 4.78 is 48.3. The second-order valence-electron chi connectivity index (χ2n) is 7.45. The van der Waals surface area contributed by atoms with E-state index in [1.165, 1.54) is 25.1 Å². The van der Waals surface area contributed by atoms with Gasteiger partial charge in [-0.1, -0.05) is 0 Å². The molecule has 152 valence electrons. The predicted molar refractivity (Wildman–Crippen MR) is 102 cm³/mol. The number of nitrogens with zero attached hydrogens (tertiary/aromatic N) is 1. The SMILES string of the molecule is CC(=O)N1CC(c2cc(F)ccc2F)=CC12c1cc(F)ccc1OCC2CCN. The first-order valence-corrected chi connectivity index (χ1v) is 9.45. The summed E-state index contributed by atoms with van der Waals surface area (Å²) in [6, 6.07) is 7.38. The number of nitrogens with two attached hydrogens (primary N) is 1. The summed E-state index contributed by atoms with van der Waals surface area (Å²) in [6.45, 7) is 2.10. The van der Waals surface area contributed by atoms with Crippen LogP contribution in [0.15, 0.2) is 42.5 Å². The molecule has 0 aromatic heterocycles. The predicted octanol–water partition coefficient (Wildman–Crippen LogP) is 3.60. The van der Waals surface area contributed by atoms with Crippen LogP contribution in [0, 0.1) is 23.4 Å². The van der Waals surface area contributed by atoms with Crippen molar-refractivity contribution >= 4 is 11.5 Å². The van der Waals surface area contributed by atoms with Gasteiger partial charge in [-0.05, 0) is 61.0 Å². The Balaban J connectivity index is 1.97. The molecule has 2 aromatic rings. The quantitative estimate of drug-likeness (QED) is 0.854. The first kappa shape index (κ1) is 19.5. The molecule has 4 rings (SSSR count). The van der Waals surface area contributed by atoms with Crippen molar-refractivity contribution in [2.24, 2.45) is 11.7 Å². The minimum absolute atomic E-state index is 0.0761. The Kier molecular flexibility index (Phi) is 4.86. The summed E-state index contributed by atoms with van der Waals surface area (Å²) >= 11 is 0. The number of carbonyl (C=O) groups is 1. The molecule has 2 atom stereocenters. The summed E-state index contributed by atoms with van der Waals surface area (Å²) in [5.74, 6) is -1.69. The van der Waals surface area contributed by atoms with Crippen LogP contribution in [0.4, 0.5) is 13.2 Å². The van der Waals surface area contributed by atoms with Crippen LogP contribution < -0.4 is 10.5 Å². The van der Waals surface area contributed by atoms with Crippen LogP contribution in [0.5, 0.6) is 5.75 Å². The van der Waals surface area contributed by atoms with Gasteiger partial charge in [-0.15, -0.1) is 0 Å². The molecule has 2 aliphatic rings. The lowest BCUT2D eigenvalue weighted by Crippen LogP contribution is -2.53. The highest BCUT2D eigenvalue weighted by Crippen LogP contribution is 2.52. The van der Waals surface area contributed by atoms with Gasteiger partial charge in [0.1, 0.15) is 23.2 Å². The number of hydrogen-bond acceptors (Lipinski definition) is 3. The summed E-state index contributed by atoms with van der Waals surface area (Å²) in [6.07, 6.45) is 2.27. The Morgan fingerprint density at radius 2 is 1.93 bits per heavy atom. The minimum Gasteiger partial charge on any atom is -0.493 e. The zero-order chi connectivity index (χ0) is 20.8. The molecular formula is C22H21F3N2O2. The molecule has 0 radical (unpaired) electrons. The van der Waals surface area contributed by atoms with Crippen molar-refractivity contribution < 1.29 is 22.7 Å². The van der Waals surface area contributed by atoms with Crippen LogP contribution in [-0.2, 0) is 10.3 Å². The van der Waals surface area contributed by atoms with E-state index in [4.69, 9.17) is 10.5 Å². The highest BCUT2D eigenvalue weighted by atomic mass is 19.1. The van der Waals surface area contributed by atoms with Crippen molar-refractivity contribution in [1.29, 1.82) is 0 Å². The molecule has 0 saturated heterocycles. The standard InChI is InChI=1S/C22H21F3N2O2/c1-13(28)27-11-14(18-8-16(23)2-4-20(18)25)10-22(27)15(6-7-26)12-29-21-5-3-17(24)9-19(21)22/h2-5,8-10,15H,6-7,11-12,26H2,1H3. The Bertz CT molecular complexity index is 1010. The summed E-state index contributed by atoms with van der Waals surface area (Å²) in [5.41, 5.74) is 5.81. The number of halogens is 3. The van der Waals surface area contributed by atoms with Crippen molar-refractivity contribution in [3.8, 4) is 5.75 Å². The van der Waals surface area contributed by atoms with Gasteiger partial charge in [0.15, 0.2) is 0 Å². The van der Waals surface area contributed by atoms with E-state index in [0.29, 0.717) is 29.9 Å². The Morgan fingerprint density at radius 1 is 1.21 bits per heavy atom. The number of rotatable bonds is 3. The van der Waals surface area contributed by atoms with Gasteiger partial charge in [-0.2, -0.15) is 0 Å². The number of amides is 1. The molecule has 0 saturated carbocycles. The minimum atomic E-state index is -1.05. The van der Waals surface area contributed by atoms with Crippen molar-refractivity contribution in [3.05, 3.63) is 71.1 Å². The lowest BCUT2D eigenvalue weighted by atomic mass is 9.74.